The van der Waals surface area contributed by atoms with Crippen LogP contribution in [0.1, 0.15) is 13.8 Å². The lowest BCUT2D eigenvalue weighted by Gasteiger charge is -2.18. The van der Waals surface area contributed by atoms with Gasteiger partial charge in [-0.15, -0.1) is 0 Å². The first kappa shape index (κ1) is 18.7. The van der Waals surface area contributed by atoms with Crippen molar-refractivity contribution in [1.82, 2.24) is 16.0 Å². The van der Waals surface area contributed by atoms with Gasteiger partial charge in [-0.05, 0) is 13.8 Å². The summed E-state index contributed by atoms with van der Waals surface area (Å²) in [4.78, 5) is 0. The molecule has 0 spiro atoms. The molecule has 0 aromatic rings. The SMILES string of the molecule is CC(N)CNCC(N)CNCC(N)CNCC(C)N. The second kappa shape index (κ2) is 11.5. The quantitative estimate of drug-likeness (QED) is 0.203. The van der Waals surface area contributed by atoms with Gasteiger partial charge in [-0.25, -0.2) is 0 Å². The fourth-order valence-electron chi connectivity index (χ4n) is 1.59. The van der Waals surface area contributed by atoms with Crippen molar-refractivity contribution in [2.24, 2.45) is 22.9 Å². The van der Waals surface area contributed by atoms with E-state index in [4.69, 9.17) is 22.9 Å². The van der Waals surface area contributed by atoms with Crippen molar-refractivity contribution in [2.75, 3.05) is 39.3 Å². The third-order valence-corrected chi connectivity index (χ3v) is 2.56. The molecule has 0 aliphatic carbocycles. The summed E-state index contributed by atoms with van der Waals surface area (Å²) >= 11 is 0. The van der Waals surface area contributed by atoms with Gasteiger partial charge in [0, 0.05) is 63.4 Å². The molecule has 0 saturated heterocycles. The summed E-state index contributed by atoms with van der Waals surface area (Å²) in [5.41, 5.74) is 23.2. The lowest BCUT2D eigenvalue weighted by atomic mass is 10.2. The first-order valence-corrected chi connectivity index (χ1v) is 7.06. The Morgan fingerprint density at radius 2 is 0.842 bits per heavy atom. The zero-order valence-corrected chi connectivity index (χ0v) is 12.4. The third kappa shape index (κ3) is 13.9. The van der Waals surface area contributed by atoms with Gasteiger partial charge in [0.1, 0.15) is 0 Å². The minimum absolute atomic E-state index is 0.0722. The van der Waals surface area contributed by atoms with Crippen LogP contribution in [-0.4, -0.2) is 63.4 Å². The molecular formula is C12H33N7. The van der Waals surface area contributed by atoms with Gasteiger partial charge in [0.25, 0.3) is 0 Å². The molecule has 0 radical (unpaired) electrons. The van der Waals surface area contributed by atoms with Crippen LogP contribution in [0.2, 0.25) is 0 Å². The summed E-state index contributed by atoms with van der Waals surface area (Å²) in [5, 5.41) is 9.71. The number of rotatable bonds is 12. The molecule has 19 heavy (non-hydrogen) atoms. The minimum atomic E-state index is 0.0722. The van der Waals surface area contributed by atoms with Crippen LogP contribution in [-0.2, 0) is 0 Å². The molecule has 0 aliphatic rings. The van der Waals surface area contributed by atoms with E-state index in [1.165, 1.54) is 0 Å². The van der Waals surface area contributed by atoms with Crippen molar-refractivity contribution in [2.45, 2.75) is 38.0 Å². The maximum Gasteiger partial charge on any atom is 0.0292 e. The molecule has 0 heterocycles. The predicted octanol–water partition coefficient (Wildman–Crippen LogP) is -2.90. The Morgan fingerprint density at radius 1 is 0.579 bits per heavy atom. The standard InChI is InChI=1S/C12H33N7/c1-9(13)3-17-5-11(15)7-19-8-12(16)6-18-4-10(2)14/h9-12,17-19H,3-8,13-16H2,1-2H3. The van der Waals surface area contributed by atoms with Gasteiger partial charge in [-0.3, -0.25) is 0 Å². The van der Waals surface area contributed by atoms with Crippen molar-refractivity contribution in [1.29, 1.82) is 0 Å². The van der Waals surface area contributed by atoms with E-state index in [0.717, 1.165) is 39.3 Å². The number of nitrogens with one attached hydrogen (secondary N) is 3. The summed E-state index contributed by atoms with van der Waals surface area (Å²) in [6, 6.07) is 0.458. The zero-order valence-electron chi connectivity index (χ0n) is 12.4. The van der Waals surface area contributed by atoms with Crippen LogP contribution in [0, 0.1) is 0 Å². The molecular weight excluding hydrogens is 242 g/mol. The fourth-order valence-corrected chi connectivity index (χ4v) is 1.59. The van der Waals surface area contributed by atoms with Gasteiger partial charge in [-0.1, -0.05) is 0 Å². The molecule has 11 N–H and O–H groups in total. The average Bonchev–Trinajstić information content (AvgIpc) is 2.27. The van der Waals surface area contributed by atoms with E-state index >= 15 is 0 Å². The van der Waals surface area contributed by atoms with Crippen LogP contribution in [0.4, 0.5) is 0 Å². The number of hydrogen-bond acceptors (Lipinski definition) is 7. The van der Waals surface area contributed by atoms with Crippen LogP contribution in [0.25, 0.3) is 0 Å². The second-order valence-electron chi connectivity index (χ2n) is 5.45. The predicted molar refractivity (Wildman–Crippen MR) is 81.9 cm³/mol. The highest BCUT2D eigenvalue weighted by molar-refractivity contribution is 4.73. The Balaban J connectivity index is 3.40. The van der Waals surface area contributed by atoms with Gasteiger partial charge >= 0.3 is 0 Å². The van der Waals surface area contributed by atoms with Crippen molar-refractivity contribution in [3.8, 4) is 0 Å². The molecule has 0 fully saturated rings. The topological polar surface area (TPSA) is 140 Å². The van der Waals surface area contributed by atoms with E-state index in [2.05, 4.69) is 16.0 Å². The van der Waals surface area contributed by atoms with Gasteiger partial charge in [0.2, 0.25) is 0 Å². The summed E-state index contributed by atoms with van der Waals surface area (Å²) in [5.74, 6) is 0. The van der Waals surface area contributed by atoms with Crippen LogP contribution >= 0.6 is 0 Å². The highest BCUT2D eigenvalue weighted by atomic mass is 15.0. The highest BCUT2D eigenvalue weighted by Gasteiger charge is 2.05. The fraction of sp³-hybridized carbons (Fsp3) is 1.00. The van der Waals surface area contributed by atoms with Gasteiger partial charge in [0.15, 0.2) is 0 Å². The smallest absolute Gasteiger partial charge is 0.0292 e. The third-order valence-electron chi connectivity index (χ3n) is 2.56. The maximum absolute atomic E-state index is 5.95. The Labute approximate surface area is 117 Å². The largest absolute Gasteiger partial charge is 0.327 e. The zero-order chi connectivity index (χ0) is 14.7. The number of nitrogens with two attached hydrogens (primary N) is 4. The first-order valence-electron chi connectivity index (χ1n) is 7.06. The van der Waals surface area contributed by atoms with Crippen LogP contribution < -0.4 is 38.9 Å². The van der Waals surface area contributed by atoms with Crippen molar-refractivity contribution < 1.29 is 0 Å². The molecule has 4 atom stereocenters. The van der Waals surface area contributed by atoms with Crippen molar-refractivity contribution in [3.05, 3.63) is 0 Å². The molecule has 7 heteroatoms. The van der Waals surface area contributed by atoms with E-state index in [0.29, 0.717) is 0 Å². The summed E-state index contributed by atoms with van der Waals surface area (Å²) in [6.45, 7) is 8.50. The Morgan fingerprint density at radius 3 is 1.11 bits per heavy atom. The van der Waals surface area contributed by atoms with Gasteiger partial charge in [-0.2, -0.15) is 0 Å². The average molecular weight is 275 g/mol. The molecule has 0 aromatic carbocycles. The first-order chi connectivity index (χ1) is 8.91. The van der Waals surface area contributed by atoms with E-state index in [9.17, 15) is 0 Å². The molecule has 0 aliphatic heterocycles. The number of hydrogen-bond donors (Lipinski definition) is 7. The minimum Gasteiger partial charge on any atom is -0.327 e. The van der Waals surface area contributed by atoms with E-state index in [-0.39, 0.29) is 24.2 Å². The lowest BCUT2D eigenvalue weighted by molar-refractivity contribution is 0.478. The second-order valence-corrected chi connectivity index (χ2v) is 5.45. The van der Waals surface area contributed by atoms with Gasteiger partial charge < -0.3 is 38.9 Å². The normalized spacial score (nSPS) is 18.0. The molecule has 0 rings (SSSR count). The van der Waals surface area contributed by atoms with Crippen LogP contribution in [0.3, 0.4) is 0 Å². The van der Waals surface area contributed by atoms with Crippen LogP contribution in [0.15, 0.2) is 0 Å². The molecule has 0 saturated carbocycles. The molecule has 0 aromatic heterocycles. The van der Waals surface area contributed by atoms with Crippen LogP contribution in [0.5, 0.6) is 0 Å². The van der Waals surface area contributed by atoms with Gasteiger partial charge in [0.05, 0.1) is 0 Å². The molecule has 0 amide bonds. The Bertz CT molecular complexity index is 179. The summed E-state index contributed by atoms with van der Waals surface area (Å²) in [7, 11) is 0. The Kier molecular flexibility index (Phi) is 11.4. The molecule has 116 valence electrons. The molecule has 0 bridgehead atoms. The van der Waals surface area contributed by atoms with E-state index < -0.39 is 0 Å². The Hall–Kier alpha value is -0.280. The van der Waals surface area contributed by atoms with Crippen molar-refractivity contribution >= 4 is 0 Å². The monoisotopic (exact) mass is 275 g/mol. The molecule has 4 unspecified atom stereocenters. The summed E-state index contributed by atoms with van der Waals surface area (Å²) < 4.78 is 0. The maximum atomic E-state index is 5.95. The van der Waals surface area contributed by atoms with E-state index in [1.54, 1.807) is 0 Å². The van der Waals surface area contributed by atoms with E-state index in [1.807, 2.05) is 13.8 Å². The lowest BCUT2D eigenvalue weighted by Crippen LogP contribution is -2.48. The molecule has 7 nitrogen and oxygen atoms in total. The highest BCUT2D eigenvalue weighted by Crippen LogP contribution is 1.79. The van der Waals surface area contributed by atoms with Crippen molar-refractivity contribution in [3.63, 3.8) is 0 Å². The summed E-state index contributed by atoms with van der Waals surface area (Å²) in [6.07, 6.45) is 0.